The summed E-state index contributed by atoms with van der Waals surface area (Å²) in [5, 5.41) is 11.4. The zero-order valence-electron chi connectivity index (χ0n) is 16.3. The summed E-state index contributed by atoms with van der Waals surface area (Å²) in [5.41, 5.74) is 0.461. The number of Topliss-reactive ketones (excluding diaryl/α,β-unsaturated/α-hetero) is 1. The Morgan fingerprint density at radius 3 is 2.55 bits per heavy atom. The molecule has 1 saturated heterocycles. The van der Waals surface area contributed by atoms with Crippen molar-refractivity contribution in [1.29, 1.82) is 0 Å². The molecule has 2 aromatic carbocycles. The van der Waals surface area contributed by atoms with Crippen molar-refractivity contribution in [2.45, 2.75) is 12.6 Å². The lowest BCUT2D eigenvalue weighted by atomic mass is 9.95. The van der Waals surface area contributed by atoms with Gasteiger partial charge in [-0.15, -0.1) is 0 Å². The number of likely N-dealkylation sites (tertiary alicyclic amines) is 1. The molecule has 0 unspecified atom stereocenters. The number of methoxy groups -OCH3 is 1. The Balaban J connectivity index is 1.86. The van der Waals surface area contributed by atoms with Crippen LogP contribution in [0.15, 0.2) is 70.9 Å². The van der Waals surface area contributed by atoms with Gasteiger partial charge in [-0.25, -0.2) is 4.39 Å². The predicted octanol–water partition coefficient (Wildman–Crippen LogP) is 4.70. The van der Waals surface area contributed by atoms with Gasteiger partial charge in [0.1, 0.15) is 11.5 Å². The number of aliphatic hydroxyl groups excluding tert-OH is 1. The number of benzene rings is 2. The van der Waals surface area contributed by atoms with Gasteiger partial charge in [0.25, 0.3) is 11.7 Å². The van der Waals surface area contributed by atoms with E-state index in [1.54, 1.807) is 36.4 Å². The number of furan rings is 1. The number of carbonyl (C=O) groups excluding carboxylic acids is 2. The highest BCUT2D eigenvalue weighted by Crippen LogP contribution is 2.40. The van der Waals surface area contributed by atoms with Gasteiger partial charge in [0, 0.05) is 10.6 Å². The Labute approximate surface area is 182 Å². The summed E-state index contributed by atoms with van der Waals surface area (Å²) in [4.78, 5) is 27.1. The van der Waals surface area contributed by atoms with Crippen LogP contribution in [0.1, 0.15) is 22.9 Å². The third-order valence-electron chi connectivity index (χ3n) is 5.06. The van der Waals surface area contributed by atoms with Gasteiger partial charge in [0.2, 0.25) is 0 Å². The van der Waals surface area contributed by atoms with Crippen LogP contribution in [-0.2, 0) is 16.1 Å². The molecular formula is C23H17ClFNO5. The smallest absolute Gasteiger partial charge is 0.296 e. The molecule has 1 amide bonds. The van der Waals surface area contributed by atoms with E-state index in [9.17, 15) is 19.1 Å². The minimum atomic E-state index is -0.910. The topological polar surface area (TPSA) is 80.0 Å². The fourth-order valence-electron chi connectivity index (χ4n) is 3.57. The molecule has 1 N–H and O–H groups in total. The monoisotopic (exact) mass is 441 g/mol. The van der Waals surface area contributed by atoms with Crippen molar-refractivity contribution in [2.75, 3.05) is 7.11 Å². The lowest BCUT2D eigenvalue weighted by molar-refractivity contribution is -0.140. The number of carbonyl (C=O) groups is 2. The molecule has 1 atom stereocenters. The first-order chi connectivity index (χ1) is 14.9. The first-order valence-corrected chi connectivity index (χ1v) is 9.68. The number of hydrogen-bond acceptors (Lipinski definition) is 5. The Morgan fingerprint density at radius 2 is 1.94 bits per heavy atom. The van der Waals surface area contributed by atoms with Crippen LogP contribution in [0.5, 0.6) is 5.75 Å². The number of hydrogen-bond donors (Lipinski definition) is 1. The van der Waals surface area contributed by atoms with Gasteiger partial charge in [-0.2, -0.15) is 0 Å². The minimum absolute atomic E-state index is 0.0101. The van der Waals surface area contributed by atoms with E-state index in [2.05, 4.69) is 0 Å². The van der Waals surface area contributed by atoms with Gasteiger partial charge in [0.15, 0.2) is 11.6 Å². The maximum absolute atomic E-state index is 14.2. The molecule has 1 aromatic heterocycles. The predicted molar refractivity (Wildman–Crippen MR) is 111 cm³/mol. The number of rotatable bonds is 5. The second-order valence-electron chi connectivity index (χ2n) is 6.91. The SMILES string of the molecule is COc1ccc(C(O)=C2C(=O)C(=O)N(Cc3ccco3)[C@H]2c2ccc(Cl)cc2)cc1F. The second kappa shape index (κ2) is 8.28. The van der Waals surface area contributed by atoms with Crippen LogP contribution in [0.4, 0.5) is 4.39 Å². The summed E-state index contributed by atoms with van der Waals surface area (Å²) >= 11 is 5.99. The van der Waals surface area contributed by atoms with Crippen molar-refractivity contribution in [3.8, 4) is 5.75 Å². The molecule has 0 saturated carbocycles. The van der Waals surface area contributed by atoms with Gasteiger partial charge in [0.05, 0.1) is 31.5 Å². The van der Waals surface area contributed by atoms with Crippen molar-refractivity contribution in [3.63, 3.8) is 0 Å². The average Bonchev–Trinajstić information content (AvgIpc) is 3.36. The van der Waals surface area contributed by atoms with Crippen LogP contribution >= 0.6 is 11.6 Å². The molecule has 1 fully saturated rings. The zero-order chi connectivity index (χ0) is 22.1. The standard InChI is InChI=1S/C23H17ClFNO5/c1-30-18-9-6-14(11-17(18)25)21(27)19-20(13-4-7-15(24)8-5-13)26(23(29)22(19)28)12-16-3-2-10-31-16/h2-11,20,27H,12H2,1H3/t20-/m0/s1. The summed E-state index contributed by atoms with van der Waals surface area (Å²) < 4.78 is 24.4. The molecule has 4 rings (SSSR count). The highest BCUT2D eigenvalue weighted by Gasteiger charge is 2.46. The molecule has 0 bridgehead atoms. The van der Waals surface area contributed by atoms with Gasteiger partial charge in [-0.3, -0.25) is 9.59 Å². The summed E-state index contributed by atoms with van der Waals surface area (Å²) in [6.45, 7) is 0.0125. The first kappa shape index (κ1) is 20.7. The van der Waals surface area contributed by atoms with E-state index in [-0.39, 0.29) is 23.4 Å². The van der Waals surface area contributed by atoms with E-state index in [1.165, 1.54) is 30.4 Å². The number of ketones is 1. The van der Waals surface area contributed by atoms with E-state index < -0.39 is 29.3 Å². The number of halogens is 2. The minimum Gasteiger partial charge on any atom is -0.507 e. The van der Waals surface area contributed by atoms with Gasteiger partial charge >= 0.3 is 0 Å². The van der Waals surface area contributed by atoms with Crippen LogP contribution < -0.4 is 4.74 Å². The van der Waals surface area contributed by atoms with E-state index in [4.69, 9.17) is 20.8 Å². The molecule has 3 aromatic rings. The molecule has 31 heavy (non-hydrogen) atoms. The average molecular weight is 442 g/mol. The van der Waals surface area contributed by atoms with Gasteiger partial charge < -0.3 is 19.2 Å². The van der Waals surface area contributed by atoms with Crippen LogP contribution in [0.2, 0.25) is 5.02 Å². The van der Waals surface area contributed by atoms with Gasteiger partial charge in [-0.05, 0) is 48.0 Å². The highest BCUT2D eigenvalue weighted by molar-refractivity contribution is 6.46. The molecule has 1 aliphatic heterocycles. The molecule has 0 radical (unpaired) electrons. The van der Waals surface area contributed by atoms with Crippen molar-refractivity contribution in [2.24, 2.45) is 0 Å². The summed E-state index contributed by atoms with van der Waals surface area (Å²) in [6.07, 6.45) is 1.46. The molecule has 8 heteroatoms. The molecule has 1 aliphatic rings. The number of ether oxygens (including phenoxy) is 1. The van der Waals surface area contributed by atoms with Crippen molar-refractivity contribution >= 4 is 29.1 Å². The van der Waals surface area contributed by atoms with E-state index in [0.717, 1.165) is 6.07 Å². The lowest BCUT2D eigenvalue weighted by Gasteiger charge is -2.24. The largest absolute Gasteiger partial charge is 0.507 e. The van der Waals surface area contributed by atoms with Gasteiger partial charge in [-0.1, -0.05) is 23.7 Å². The highest BCUT2D eigenvalue weighted by atomic mass is 35.5. The number of nitrogens with zero attached hydrogens (tertiary/aromatic N) is 1. The summed E-state index contributed by atoms with van der Waals surface area (Å²) in [7, 11) is 1.32. The Hall–Kier alpha value is -3.58. The van der Waals surface area contributed by atoms with Crippen molar-refractivity contribution in [1.82, 2.24) is 4.90 Å². The second-order valence-corrected chi connectivity index (χ2v) is 7.34. The Morgan fingerprint density at radius 1 is 1.19 bits per heavy atom. The number of amides is 1. The molecular weight excluding hydrogens is 425 g/mol. The fraction of sp³-hybridized carbons (Fsp3) is 0.130. The third kappa shape index (κ3) is 3.80. The summed E-state index contributed by atoms with van der Waals surface area (Å²) in [5.74, 6) is -2.41. The molecule has 2 heterocycles. The van der Waals surface area contributed by atoms with Crippen molar-refractivity contribution < 1.29 is 28.2 Å². The van der Waals surface area contributed by atoms with E-state index >= 15 is 0 Å². The zero-order valence-corrected chi connectivity index (χ0v) is 17.1. The molecule has 0 spiro atoms. The fourth-order valence-corrected chi connectivity index (χ4v) is 3.70. The Bertz CT molecular complexity index is 1170. The number of aliphatic hydroxyl groups is 1. The van der Waals surface area contributed by atoms with E-state index in [0.29, 0.717) is 16.3 Å². The van der Waals surface area contributed by atoms with Crippen molar-refractivity contribution in [3.05, 3.63) is 94.2 Å². The third-order valence-corrected chi connectivity index (χ3v) is 5.31. The first-order valence-electron chi connectivity index (χ1n) is 9.31. The molecule has 0 aliphatic carbocycles. The molecule has 6 nitrogen and oxygen atoms in total. The Kier molecular flexibility index (Phi) is 5.52. The maximum atomic E-state index is 14.2. The van der Waals surface area contributed by atoms with E-state index in [1.807, 2.05) is 0 Å². The van der Waals surface area contributed by atoms with Crippen LogP contribution in [0.3, 0.4) is 0 Å². The maximum Gasteiger partial charge on any atom is 0.296 e. The van der Waals surface area contributed by atoms with Crippen LogP contribution in [0.25, 0.3) is 5.76 Å². The normalized spacial score (nSPS) is 17.9. The molecule has 158 valence electrons. The lowest BCUT2D eigenvalue weighted by Crippen LogP contribution is -2.29. The van der Waals surface area contributed by atoms with Crippen LogP contribution in [-0.4, -0.2) is 28.8 Å². The van der Waals surface area contributed by atoms with Crippen LogP contribution in [0, 0.1) is 5.82 Å². The summed E-state index contributed by atoms with van der Waals surface area (Å²) in [6, 6.07) is 12.8. The quantitative estimate of drug-likeness (QED) is 0.352.